The van der Waals surface area contributed by atoms with Gasteiger partial charge in [-0.15, -0.1) is 0 Å². The van der Waals surface area contributed by atoms with E-state index in [0.717, 1.165) is 25.2 Å². The molecular weight excluding hydrogens is 232 g/mol. The molecule has 1 fully saturated rings. The number of carboxylic acid groups (broad SMARTS) is 1. The Labute approximate surface area is 106 Å². The summed E-state index contributed by atoms with van der Waals surface area (Å²) in [5.74, 6) is -0.443. The number of hydrogen-bond acceptors (Lipinski definition) is 4. The van der Waals surface area contributed by atoms with Crippen LogP contribution < -0.4 is 4.90 Å². The highest BCUT2D eigenvalue weighted by molar-refractivity contribution is 5.85. The van der Waals surface area contributed by atoms with Gasteiger partial charge in [0.05, 0.1) is 18.0 Å². The lowest BCUT2D eigenvalue weighted by Crippen LogP contribution is -2.44. The van der Waals surface area contributed by atoms with Crippen LogP contribution in [0, 0.1) is 5.92 Å². The SMILES string of the molecule is COC1CN(c2ccc(C(=O)O)nc2)CCC1C. The van der Waals surface area contributed by atoms with Crippen molar-refractivity contribution in [3.05, 3.63) is 24.0 Å². The van der Waals surface area contributed by atoms with E-state index >= 15 is 0 Å². The van der Waals surface area contributed by atoms with Gasteiger partial charge in [-0.05, 0) is 24.5 Å². The zero-order valence-corrected chi connectivity index (χ0v) is 10.7. The molecule has 5 nitrogen and oxygen atoms in total. The molecule has 2 unspecified atom stereocenters. The van der Waals surface area contributed by atoms with Crippen LogP contribution in [-0.4, -0.2) is 42.4 Å². The first-order valence-corrected chi connectivity index (χ1v) is 6.09. The molecule has 0 spiro atoms. The number of rotatable bonds is 3. The Bertz CT molecular complexity index is 419. The number of ether oxygens (including phenoxy) is 1. The van der Waals surface area contributed by atoms with Crippen molar-refractivity contribution >= 4 is 11.7 Å². The number of methoxy groups -OCH3 is 1. The third-order valence-electron chi connectivity index (χ3n) is 3.52. The van der Waals surface area contributed by atoms with Gasteiger partial charge in [0.1, 0.15) is 5.69 Å². The molecule has 1 aliphatic heterocycles. The number of carboxylic acids is 1. The number of hydrogen-bond donors (Lipinski definition) is 1. The number of nitrogens with zero attached hydrogens (tertiary/aromatic N) is 2. The van der Waals surface area contributed by atoms with E-state index in [2.05, 4.69) is 16.8 Å². The van der Waals surface area contributed by atoms with E-state index in [1.165, 1.54) is 6.07 Å². The number of carbonyl (C=O) groups is 1. The molecule has 2 atom stereocenters. The minimum Gasteiger partial charge on any atom is -0.477 e. The molecule has 0 aliphatic carbocycles. The van der Waals surface area contributed by atoms with Gasteiger partial charge in [0, 0.05) is 20.2 Å². The van der Waals surface area contributed by atoms with Crippen LogP contribution in [0.2, 0.25) is 0 Å². The van der Waals surface area contributed by atoms with Crippen molar-refractivity contribution in [3.63, 3.8) is 0 Å². The summed E-state index contributed by atoms with van der Waals surface area (Å²) in [4.78, 5) is 16.9. The van der Waals surface area contributed by atoms with Crippen molar-refractivity contribution in [3.8, 4) is 0 Å². The van der Waals surface area contributed by atoms with Crippen LogP contribution in [0.15, 0.2) is 18.3 Å². The summed E-state index contributed by atoms with van der Waals surface area (Å²) in [5, 5.41) is 8.80. The first-order chi connectivity index (χ1) is 8.61. The van der Waals surface area contributed by atoms with Crippen molar-refractivity contribution in [2.45, 2.75) is 19.4 Å². The highest BCUT2D eigenvalue weighted by atomic mass is 16.5. The lowest BCUT2D eigenvalue weighted by atomic mass is 9.95. The fourth-order valence-electron chi connectivity index (χ4n) is 2.27. The lowest BCUT2D eigenvalue weighted by Gasteiger charge is -2.37. The van der Waals surface area contributed by atoms with Gasteiger partial charge >= 0.3 is 5.97 Å². The summed E-state index contributed by atoms with van der Waals surface area (Å²) in [7, 11) is 1.73. The lowest BCUT2D eigenvalue weighted by molar-refractivity contribution is 0.0498. The molecule has 0 bridgehead atoms. The quantitative estimate of drug-likeness (QED) is 0.883. The van der Waals surface area contributed by atoms with E-state index in [4.69, 9.17) is 9.84 Å². The number of pyridine rings is 1. The molecule has 1 aliphatic rings. The van der Waals surface area contributed by atoms with Crippen molar-refractivity contribution in [1.29, 1.82) is 0 Å². The third kappa shape index (κ3) is 2.61. The first-order valence-electron chi connectivity index (χ1n) is 6.09. The maximum Gasteiger partial charge on any atom is 0.354 e. The van der Waals surface area contributed by atoms with Crippen LogP contribution >= 0.6 is 0 Å². The zero-order valence-electron chi connectivity index (χ0n) is 10.7. The molecule has 1 N–H and O–H groups in total. The van der Waals surface area contributed by atoms with Crippen LogP contribution in [0.4, 0.5) is 5.69 Å². The maximum atomic E-state index is 10.7. The van der Waals surface area contributed by atoms with E-state index in [0.29, 0.717) is 5.92 Å². The van der Waals surface area contributed by atoms with Gasteiger partial charge in [-0.25, -0.2) is 9.78 Å². The average molecular weight is 250 g/mol. The second-order valence-corrected chi connectivity index (χ2v) is 4.69. The molecule has 2 heterocycles. The van der Waals surface area contributed by atoms with Gasteiger partial charge in [0.25, 0.3) is 0 Å². The summed E-state index contributed by atoms with van der Waals surface area (Å²) in [5.41, 5.74) is 1.03. The Kier molecular flexibility index (Phi) is 3.81. The summed E-state index contributed by atoms with van der Waals surface area (Å²) in [6.45, 7) is 3.97. The Morgan fingerprint density at radius 1 is 1.56 bits per heavy atom. The van der Waals surface area contributed by atoms with E-state index in [-0.39, 0.29) is 11.8 Å². The van der Waals surface area contributed by atoms with E-state index in [9.17, 15) is 4.79 Å². The Morgan fingerprint density at radius 3 is 2.89 bits per heavy atom. The van der Waals surface area contributed by atoms with E-state index in [1.807, 2.05) is 0 Å². The van der Waals surface area contributed by atoms with Gasteiger partial charge in [-0.3, -0.25) is 0 Å². The minimum absolute atomic E-state index is 0.0763. The van der Waals surface area contributed by atoms with Crippen LogP contribution in [0.5, 0.6) is 0 Å². The van der Waals surface area contributed by atoms with Crippen LogP contribution in [0.25, 0.3) is 0 Å². The molecular formula is C13H18N2O3. The topological polar surface area (TPSA) is 62.7 Å². The van der Waals surface area contributed by atoms with E-state index in [1.54, 1.807) is 19.4 Å². The van der Waals surface area contributed by atoms with Crippen molar-refractivity contribution in [2.24, 2.45) is 5.92 Å². The highest BCUT2D eigenvalue weighted by Gasteiger charge is 2.26. The van der Waals surface area contributed by atoms with Gasteiger partial charge in [-0.1, -0.05) is 6.92 Å². The maximum absolute atomic E-state index is 10.7. The van der Waals surface area contributed by atoms with Crippen molar-refractivity contribution in [1.82, 2.24) is 4.98 Å². The molecule has 0 saturated carbocycles. The normalized spacial score (nSPS) is 24.0. The molecule has 0 radical (unpaired) electrons. The molecule has 1 aromatic rings. The Morgan fingerprint density at radius 2 is 2.33 bits per heavy atom. The minimum atomic E-state index is -0.997. The van der Waals surface area contributed by atoms with Gasteiger partial charge in [0.15, 0.2) is 0 Å². The second kappa shape index (κ2) is 5.35. The molecule has 1 saturated heterocycles. The van der Waals surface area contributed by atoms with Crippen molar-refractivity contribution < 1.29 is 14.6 Å². The molecule has 0 amide bonds. The van der Waals surface area contributed by atoms with E-state index < -0.39 is 5.97 Å². The van der Waals surface area contributed by atoms with Gasteiger partial charge < -0.3 is 14.7 Å². The summed E-state index contributed by atoms with van der Waals surface area (Å²) in [6.07, 6.45) is 2.91. The number of aromatic nitrogens is 1. The smallest absolute Gasteiger partial charge is 0.354 e. The zero-order chi connectivity index (χ0) is 13.1. The molecule has 0 aromatic carbocycles. The highest BCUT2D eigenvalue weighted by Crippen LogP contribution is 2.24. The van der Waals surface area contributed by atoms with Gasteiger partial charge in [-0.2, -0.15) is 0 Å². The van der Waals surface area contributed by atoms with Crippen LogP contribution in [0.3, 0.4) is 0 Å². The molecule has 1 aromatic heterocycles. The summed E-state index contributed by atoms with van der Waals surface area (Å²) < 4.78 is 5.46. The van der Waals surface area contributed by atoms with Crippen LogP contribution in [0.1, 0.15) is 23.8 Å². The number of anilines is 1. The fourth-order valence-corrected chi connectivity index (χ4v) is 2.27. The Hall–Kier alpha value is -1.62. The molecule has 5 heteroatoms. The predicted octanol–water partition coefficient (Wildman–Crippen LogP) is 1.64. The molecule has 98 valence electrons. The monoisotopic (exact) mass is 250 g/mol. The largest absolute Gasteiger partial charge is 0.477 e. The Balaban J connectivity index is 2.09. The summed E-state index contributed by atoms with van der Waals surface area (Å²) >= 11 is 0. The number of aromatic carboxylic acids is 1. The molecule has 2 rings (SSSR count). The second-order valence-electron chi connectivity index (χ2n) is 4.69. The third-order valence-corrected chi connectivity index (χ3v) is 3.52. The van der Waals surface area contributed by atoms with Crippen molar-refractivity contribution in [2.75, 3.05) is 25.1 Å². The summed E-state index contributed by atoms with van der Waals surface area (Å²) in [6, 6.07) is 3.34. The van der Waals surface area contributed by atoms with Crippen LogP contribution in [-0.2, 0) is 4.74 Å². The standard InChI is InChI=1S/C13H18N2O3/c1-9-5-6-15(8-12(9)18-2)10-3-4-11(13(16)17)14-7-10/h3-4,7,9,12H,5-6,8H2,1-2H3,(H,16,17). The number of piperidine rings is 1. The molecule has 18 heavy (non-hydrogen) atoms. The first kappa shape index (κ1) is 12.8. The predicted molar refractivity (Wildman–Crippen MR) is 68.0 cm³/mol. The average Bonchev–Trinajstić information content (AvgIpc) is 2.39. The fraction of sp³-hybridized carbons (Fsp3) is 0.538. The van der Waals surface area contributed by atoms with Gasteiger partial charge in [0.2, 0.25) is 0 Å².